The van der Waals surface area contributed by atoms with Crippen LogP contribution in [0.15, 0.2) is 22.7 Å². The summed E-state index contributed by atoms with van der Waals surface area (Å²) in [6.07, 6.45) is 0. The van der Waals surface area contributed by atoms with Gasteiger partial charge in [-0.3, -0.25) is 5.41 Å². The summed E-state index contributed by atoms with van der Waals surface area (Å²) in [5, 5.41) is 7.46. The van der Waals surface area contributed by atoms with E-state index in [0.717, 1.165) is 16.6 Å². The van der Waals surface area contributed by atoms with Crippen LogP contribution >= 0.6 is 27.7 Å². The third kappa shape index (κ3) is 2.77. The summed E-state index contributed by atoms with van der Waals surface area (Å²) in [5.74, 6) is 2.45. The zero-order valence-electron chi connectivity index (χ0n) is 9.74. The van der Waals surface area contributed by atoms with Crippen LogP contribution in [-0.4, -0.2) is 29.9 Å². The molecule has 0 aromatic heterocycles. The molecule has 1 fully saturated rings. The monoisotopic (exact) mass is 313 g/mol. The summed E-state index contributed by atoms with van der Waals surface area (Å²) in [6, 6.07) is 6.58. The van der Waals surface area contributed by atoms with Crippen LogP contribution in [0.3, 0.4) is 0 Å². The third-order valence-corrected chi connectivity index (χ3v) is 4.79. The van der Waals surface area contributed by atoms with Gasteiger partial charge in [0.2, 0.25) is 0 Å². The highest BCUT2D eigenvalue weighted by molar-refractivity contribution is 9.10. The van der Waals surface area contributed by atoms with Gasteiger partial charge in [-0.15, -0.1) is 0 Å². The molecule has 0 radical (unpaired) electrons. The number of hydrogen-bond acceptors (Lipinski definition) is 3. The minimum Gasteiger partial charge on any atom is -0.384 e. The van der Waals surface area contributed by atoms with Crippen molar-refractivity contribution in [2.45, 2.75) is 13.0 Å². The number of thioether (sulfide) groups is 1. The maximum Gasteiger partial charge on any atom is 0.123 e. The van der Waals surface area contributed by atoms with Crippen molar-refractivity contribution < 1.29 is 0 Å². The number of hydrogen-bond donors (Lipinski definition) is 2. The highest BCUT2D eigenvalue weighted by atomic mass is 79.9. The number of benzene rings is 1. The largest absolute Gasteiger partial charge is 0.384 e. The van der Waals surface area contributed by atoms with Gasteiger partial charge in [-0.05, 0) is 41.1 Å². The van der Waals surface area contributed by atoms with Gasteiger partial charge < -0.3 is 10.6 Å². The molecule has 0 saturated carbocycles. The van der Waals surface area contributed by atoms with Crippen LogP contribution in [-0.2, 0) is 0 Å². The van der Waals surface area contributed by atoms with Crippen molar-refractivity contribution in [2.75, 3.05) is 23.0 Å². The molecule has 0 bridgehead atoms. The number of nitrogens with two attached hydrogens (primary N) is 1. The Hall–Kier alpha value is -0.680. The molecule has 17 heavy (non-hydrogen) atoms. The Morgan fingerprint density at radius 3 is 2.94 bits per heavy atom. The molecule has 92 valence electrons. The first-order valence-electron chi connectivity index (χ1n) is 5.58. The molecule has 1 unspecified atom stereocenters. The Morgan fingerprint density at radius 1 is 1.59 bits per heavy atom. The zero-order valence-corrected chi connectivity index (χ0v) is 12.1. The Morgan fingerprint density at radius 2 is 2.35 bits per heavy atom. The summed E-state index contributed by atoms with van der Waals surface area (Å²) in [6.45, 7) is 3.33. The molecule has 3 N–H and O–H groups in total. The molecule has 1 aliphatic rings. The zero-order chi connectivity index (χ0) is 12.4. The van der Waals surface area contributed by atoms with Gasteiger partial charge in [-0.1, -0.05) is 0 Å². The van der Waals surface area contributed by atoms with E-state index in [1.54, 1.807) is 0 Å². The maximum atomic E-state index is 7.46. The van der Waals surface area contributed by atoms with Crippen molar-refractivity contribution in [1.82, 2.24) is 0 Å². The van der Waals surface area contributed by atoms with Gasteiger partial charge in [0.25, 0.3) is 0 Å². The van der Waals surface area contributed by atoms with Crippen LogP contribution in [0.5, 0.6) is 0 Å². The topological polar surface area (TPSA) is 53.1 Å². The molecule has 1 aromatic carbocycles. The molecule has 0 spiro atoms. The highest BCUT2D eigenvalue weighted by Gasteiger charge is 2.19. The van der Waals surface area contributed by atoms with Crippen LogP contribution < -0.4 is 10.6 Å². The average molecular weight is 314 g/mol. The van der Waals surface area contributed by atoms with Crippen molar-refractivity contribution in [3.05, 3.63) is 28.2 Å². The van der Waals surface area contributed by atoms with Gasteiger partial charge in [0.05, 0.1) is 0 Å². The third-order valence-electron chi connectivity index (χ3n) is 2.94. The lowest BCUT2D eigenvalue weighted by atomic mass is 10.1. The Kier molecular flexibility index (Phi) is 3.99. The maximum absolute atomic E-state index is 7.46. The number of nitrogen functional groups attached to an aromatic ring is 1. The number of nitrogens with one attached hydrogen (secondary N) is 1. The van der Waals surface area contributed by atoms with E-state index in [0.29, 0.717) is 6.04 Å². The summed E-state index contributed by atoms with van der Waals surface area (Å²) in [7, 11) is 0. The molecule has 1 atom stereocenters. The van der Waals surface area contributed by atoms with E-state index in [9.17, 15) is 0 Å². The van der Waals surface area contributed by atoms with Crippen molar-refractivity contribution in [3.8, 4) is 0 Å². The SMILES string of the molecule is CC1CSCCN1c1ccc(C(=N)N)c(Br)c1. The average Bonchev–Trinajstić information content (AvgIpc) is 2.29. The van der Waals surface area contributed by atoms with Gasteiger partial charge in [-0.25, -0.2) is 0 Å². The van der Waals surface area contributed by atoms with E-state index in [-0.39, 0.29) is 5.84 Å². The molecule has 1 heterocycles. The van der Waals surface area contributed by atoms with E-state index in [2.05, 4.69) is 33.8 Å². The van der Waals surface area contributed by atoms with Gasteiger partial charge in [-0.2, -0.15) is 11.8 Å². The fourth-order valence-electron chi connectivity index (χ4n) is 2.01. The second-order valence-electron chi connectivity index (χ2n) is 4.20. The van der Waals surface area contributed by atoms with E-state index in [4.69, 9.17) is 11.1 Å². The molecule has 1 saturated heterocycles. The molecule has 0 aliphatic carbocycles. The first-order chi connectivity index (χ1) is 8.09. The first kappa shape index (κ1) is 12.8. The van der Waals surface area contributed by atoms with Gasteiger partial charge in [0.15, 0.2) is 0 Å². The summed E-state index contributed by atoms with van der Waals surface area (Å²) in [5.41, 5.74) is 7.47. The van der Waals surface area contributed by atoms with E-state index in [1.165, 1.54) is 17.2 Å². The number of nitrogens with zero attached hydrogens (tertiary/aromatic N) is 1. The fourth-order valence-corrected chi connectivity index (χ4v) is 3.61. The van der Waals surface area contributed by atoms with Crippen LogP contribution in [0.25, 0.3) is 0 Å². The first-order valence-corrected chi connectivity index (χ1v) is 7.52. The quantitative estimate of drug-likeness (QED) is 0.652. The van der Waals surface area contributed by atoms with E-state index in [1.807, 2.05) is 23.9 Å². The molecule has 1 aliphatic heterocycles. The van der Waals surface area contributed by atoms with Crippen LogP contribution in [0, 0.1) is 5.41 Å². The van der Waals surface area contributed by atoms with Crippen molar-refractivity contribution in [1.29, 1.82) is 5.41 Å². The van der Waals surface area contributed by atoms with Crippen LogP contribution in [0.4, 0.5) is 5.69 Å². The molecule has 3 nitrogen and oxygen atoms in total. The second kappa shape index (κ2) is 5.31. The summed E-state index contributed by atoms with van der Waals surface area (Å²) < 4.78 is 0.896. The molecule has 0 amide bonds. The molecule has 5 heteroatoms. The smallest absolute Gasteiger partial charge is 0.123 e. The Bertz CT molecular complexity index is 436. The Labute approximate surface area is 114 Å². The lowest BCUT2D eigenvalue weighted by Crippen LogP contribution is -2.40. The molecular weight excluding hydrogens is 298 g/mol. The summed E-state index contributed by atoms with van der Waals surface area (Å²) in [4.78, 5) is 2.41. The lowest BCUT2D eigenvalue weighted by Gasteiger charge is -2.35. The van der Waals surface area contributed by atoms with Crippen LogP contribution in [0.2, 0.25) is 0 Å². The molecular formula is C12H16BrN3S. The van der Waals surface area contributed by atoms with Crippen LogP contribution in [0.1, 0.15) is 12.5 Å². The van der Waals surface area contributed by atoms with Crippen molar-refractivity contribution in [3.63, 3.8) is 0 Å². The standard InChI is InChI=1S/C12H16BrN3S/c1-8-7-17-5-4-16(8)9-2-3-10(12(14)15)11(13)6-9/h2-3,6,8H,4-5,7H2,1H3,(H3,14,15). The number of amidine groups is 1. The van der Waals surface area contributed by atoms with E-state index < -0.39 is 0 Å². The van der Waals surface area contributed by atoms with Crippen molar-refractivity contribution >= 4 is 39.2 Å². The molecule has 2 rings (SSSR count). The normalized spacial score (nSPS) is 20.4. The van der Waals surface area contributed by atoms with E-state index >= 15 is 0 Å². The minimum absolute atomic E-state index is 0.102. The summed E-state index contributed by atoms with van der Waals surface area (Å²) >= 11 is 5.49. The lowest BCUT2D eigenvalue weighted by molar-refractivity contribution is 0.700. The number of rotatable bonds is 2. The predicted octanol–water partition coefficient (Wildman–Crippen LogP) is 2.67. The Balaban J connectivity index is 2.27. The number of anilines is 1. The minimum atomic E-state index is 0.102. The fraction of sp³-hybridized carbons (Fsp3) is 0.417. The van der Waals surface area contributed by atoms with Crippen molar-refractivity contribution in [2.24, 2.45) is 5.73 Å². The molecule has 1 aromatic rings. The second-order valence-corrected chi connectivity index (χ2v) is 6.20. The highest BCUT2D eigenvalue weighted by Crippen LogP contribution is 2.28. The van der Waals surface area contributed by atoms with Gasteiger partial charge in [0, 0.05) is 39.8 Å². The predicted molar refractivity (Wildman–Crippen MR) is 79.3 cm³/mol. The van der Waals surface area contributed by atoms with Gasteiger partial charge >= 0.3 is 0 Å². The van der Waals surface area contributed by atoms with Gasteiger partial charge in [0.1, 0.15) is 5.84 Å². The number of halogens is 1.